The SMILES string of the molecule is CC1(C)C=CC=C2C=c3cc4c5ccccc5c5cc(-c6ccc(-c7ccc(N(c8ccc(-c9ccccc9)cc8)c8ccc(-c9ccccc9)cc8)cc7)cc6)ccc5c4cc3=C21. The minimum absolute atomic E-state index is 0.0142. The Morgan fingerprint density at radius 1 is 0.344 bits per heavy atom. The van der Waals surface area contributed by atoms with Crippen LogP contribution in [0.15, 0.2) is 236 Å². The van der Waals surface area contributed by atoms with Crippen LogP contribution in [0.1, 0.15) is 13.8 Å². The monoisotopic (exact) mass is 815 g/mol. The van der Waals surface area contributed by atoms with E-state index >= 15 is 0 Å². The van der Waals surface area contributed by atoms with Gasteiger partial charge in [0, 0.05) is 22.5 Å². The lowest BCUT2D eigenvalue weighted by atomic mass is 9.77. The standard InChI is InChI=1S/C63H45N/c1-63(2)37-11-16-50-38-51-40-60-56-18-10-9-17-55(56)59-39-49(29-36-57(59)61(60)41-58(51)62(50)63)48-21-19-44(20-22-48)47-27-34-54(35-28-47)64(52-30-23-45(24-31-52)42-12-5-3-6-13-42)53-32-25-46(26-33-53)43-14-7-4-8-15-43/h3-41H,1-2H3. The maximum absolute atomic E-state index is 2.47. The molecule has 0 unspecified atom stereocenters. The molecule has 0 fully saturated rings. The first-order valence-electron chi connectivity index (χ1n) is 22.3. The molecule has 0 bridgehead atoms. The highest BCUT2D eigenvalue weighted by molar-refractivity contribution is 6.26. The fourth-order valence-electron chi connectivity index (χ4n) is 10.2. The summed E-state index contributed by atoms with van der Waals surface area (Å²) in [4.78, 5) is 2.34. The van der Waals surface area contributed by atoms with Crippen molar-refractivity contribution in [3.8, 4) is 44.5 Å². The average Bonchev–Trinajstić information content (AvgIpc) is 3.74. The lowest BCUT2D eigenvalue weighted by molar-refractivity contribution is 0.644. The van der Waals surface area contributed by atoms with Crippen LogP contribution in [0.3, 0.4) is 0 Å². The highest BCUT2D eigenvalue weighted by Gasteiger charge is 2.28. The Kier molecular flexibility index (Phi) is 8.91. The lowest BCUT2D eigenvalue weighted by Gasteiger charge is -2.26. The number of hydrogen-bond donors (Lipinski definition) is 0. The van der Waals surface area contributed by atoms with Gasteiger partial charge >= 0.3 is 0 Å². The van der Waals surface area contributed by atoms with Crippen molar-refractivity contribution < 1.29 is 0 Å². The summed E-state index contributed by atoms with van der Waals surface area (Å²) in [6.45, 7) is 4.66. The van der Waals surface area contributed by atoms with Crippen molar-refractivity contribution in [2.45, 2.75) is 13.8 Å². The van der Waals surface area contributed by atoms with Crippen LogP contribution in [0.2, 0.25) is 0 Å². The Labute approximate surface area is 374 Å². The van der Waals surface area contributed by atoms with Gasteiger partial charge in [-0.3, -0.25) is 0 Å². The van der Waals surface area contributed by atoms with E-state index in [9.17, 15) is 0 Å². The van der Waals surface area contributed by atoms with Crippen molar-refractivity contribution in [3.05, 3.63) is 247 Å². The summed E-state index contributed by atoms with van der Waals surface area (Å²) in [6.07, 6.45) is 9.19. The van der Waals surface area contributed by atoms with Crippen LogP contribution in [-0.2, 0) is 0 Å². The molecular weight excluding hydrogens is 771 g/mol. The topological polar surface area (TPSA) is 3.24 Å². The smallest absolute Gasteiger partial charge is 0.0462 e. The summed E-state index contributed by atoms with van der Waals surface area (Å²) in [5.41, 5.74) is 15.7. The zero-order valence-corrected chi connectivity index (χ0v) is 36.0. The maximum atomic E-state index is 2.47. The van der Waals surface area contributed by atoms with Gasteiger partial charge in [0.15, 0.2) is 0 Å². The fraction of sp³-hybridized carbons (Fsp3) is 0.0476. The van der Waals surface area contributed by atoms with Crippen molar-refractivity contribution in [2.75, 3.05) is 4.90 Å². The van der Waals surface area contributed by atoms with Crippen LogP contribution in [0.4, 0.5) is 17.1 Å². The minimum atomic E-state index is -0.0142. The summed E-state index contributed by atoms with van der Waals surface area (Å²) in [7, 11) is 0. The summed E-state index contributed by atoms with van der Waals surface area (Å²) in [6, 6.07) is 77.8. The Balaban J connectivity index is 0.881. The van der Waals surface area contributed by atoms with Gasteiger partial charge in [-0.1, -0.05) is 190 Å². The number of nitrogens with zero attached hydrogens (tertiary/aromatic N) is 1. The van der Waals surface area contributed by atoms with Gasteiger partial charge < -0.3 is 4.90 Å². The number of anilines is 3. The Morgan fingerprint density at radius 3 is 1.25 bits per heavy atom. The molecule has 1 nitrogen and oxygen atoms in total. The quantitative estimate of drug-likeness (QED) is 0.145. The van der Waals surface area contributed by atoms with Crippen LogP contribution < -0.4 is 15.3 Å². The average molecular weight is 816 g/mol. The maximum Gasteiger partial charge on any atom is 0.0462 e. The number of allylic oxidation sites excluding steroid dienone is 4. The fourth-order valence-corrected chi connectivity index (χ4v) is 10.2. The molecule has 302 valence electrons. The predicted octanol–water partition coefficient (Wildman–Crippen LogP) is 15.8. The van der Waals surface area contributed by atoms with Crippen molar-refractivity contribution >= 4 is 61.0 Å². The molecule has 12 rings (SSSR count). The second-order valence-electron chi connectivity index (χ2n) is 17.8. The molecule has 0 saturated heterocycles. The molecule has 10 aromatic rings. The number of rotatable bonds is 7. The predicted molar refractivity (Wildman–Crippen MR) is 274 cm³/mol. The van der Waals surface area contributed by atoms with E-state index in [1.165, 1.54) is 98.4 Å². The van der Waals surface area contributed by atoms with Gasteiger partial charge in [0.1, 0.15) is 0 Å². The summed E-state index contributed by atoms with van der Waals surface area (Å²) >= 11 is 0. The summed E-state index contributed by atoms with van der Waals surface area (Å²) in [5, 5.41) is 10.5. The number of fused-ring (bicyclic) bond motifs is 8. The van der Waals surface area contributed by atoms with E-state index in [2.05, 4.69) is 255 Å². The van der Waals surface area contributed by atoms with Gasteiger partial charge in [-0.05, 0) is 159 Å². The van der Waals surface area contributed by atoms with Crippen LogP contribution in [0.5, 0.6) is 0 Å². The number of benzene rings is 10. The second-order valence-corrected chi connectivity index (χ2v) is 17.8. The molecular formula is C63H45N. The summed E-state index contributed by atoms with van der Waals surface area (Å²) < 4.78 is 0. The Morgan fingerprint density at radius 2 is 0.734 bits per heavy atom. The van der Waals surface area contributed by atoms with E-state index in [1.807, 2.05) is 0 Å². The highest BCUT2D eigenvalue weighted by Crippen LogP contribution is 2.42. The van der Waals surface area contributed by atoms with E-state index in [0.29, 0.717) is 0 Å². The molecule has 2 aliphatic carbocycles. The highest BCUT2D eigenvalue weighted by atomic mass is 15.1. The van der Waals surface area contributed by atoms with Gasteiger partial charge in [-0.2, -0.15) is 0 Å². The lowest BCUT2D eigenvalue weighted by Crippen LogP contribution is -2.27. The molecule has 0 aromatic heterocycles. The molecule has 10 aromatic carbocycles. The molecule has 0 N–H and O–H groups in total. The first kappa shape index (κ1) is 37.7. The first-order chi connectivity index (χ1) is 31.4. The van der Waals surface area contributed by atoms with Gasteiger partial charge in [0.25, 0.3) is 0 Å². The largest absolute Gasteiger partial charge is 0.311 e. The van der Waals surface area contributed by atoms with E-state index in [1.54, 1.807) is 0 Å². The normalized spacial score (nSPS) is 13.7. The van der Waals surface area contributed by atoms with Gasteiger partial charge in [-0.25, -0.2) is 0 Å². The first-order valence-corrected chi connectivity index (χ1v) is 22.3. The van der Waals surface area contributed by atoms with Crippen molar-refractivity contribution in [1.29, 1.82) is 0 Å². The van der Waals surface area contributed by atoms with Gasteiger partial charge in [0.2, 0.25) is 0 Å². The van der Waals surface area contributed by atoms with Gasteiger partial charge in [0.05, 0.1) is 0 Å². The third-order valence-corrected chi connectivity index (χ3v) is 13.5. The minimum Gasteiger partial charge on any atom is -0.311 e. The van der Waals surface area contributed by atoms with Gasteiger partial charge in [-0.15, -0.1) is 0 Å². The van der Waals surface area contributed by atoms with E-state index in [-0.39, 0.29) is 5.41 Å². The third kappa shape index (κ3) is 6.48. The van der Waals surface area contributed by atoms with Crippen molar-refractivity contribution in [3.63, 3.8) is 0 Å². The molecule has 0 aliphatic heterocycles. The van der Waals surface area contributed by atoms with Crippen LogP contribution in [0.25, 0.3) is 88.5 Å². The third-order valence-electron chi connectivity index (χ3n) is 13.5. The molecule has 2 aliphatic rings. The molecule has 0 saturated carbocycles. The Hall–Kier alpha value is -8.00. The zero-order valence-electron chi connectivity index (χ0n) is 36.0. The van der Waals surface area contributed by atoms with Crippen LogP contribution >= 0.6 is 0 Å². The molecule has 0 atom stereocenters. The van der Waals surface area contributed by atoms with E-state index in [0.717, 1.165) is 17.1 Å². The molecule has 0 radical (unpaired) electrons. The molecule has 0 amide bonds. The van der Waals surface area contributed by atoms with E-state index < -0.39 is 0 Å². The van der Waals surface area contributed by atoms with Crippen molar-refractivity contribution in [1.82, 2.24) is 0 Å². The van der Waals surface area contributed by atoms with E-state index in [4.69, 9.17) is 0 Å². The van der Waals surface area contributed by atoms with Crippen molar-refractivity contribution in [2.24, 2.45) is 5.41 Å². The zero-order chi connectivity index (χ0) is 42.8. The van der Waals surface area contributed by atoms with Crippen LogP contribution in [-0.4, -0.2) is 0 Å². The molecule has 0 spiro atoms. The molecule has 0 heterocycles. The number of hydrogen-bond acceptors (Lipinski definition) is 1. The summed E-state index contributed by atoms with van der Waals surface area (Å²) in [5.74, 6) is 0. The Bertz CT molecular complexity index is 3530. The second kappa shape index (κ2) is 15.1. The molecule has 1 heteroatoms. The molecule has 64 heavy (non-hydrogen) atoms. The van der Waals surface area contributed by atoms with Crippen LogP contribution in [0, 0.1) is 5.41 Å².